The molecule has 0 aliphatic heterocycles. The molecule has 1 N–H and O–H groups in total. The van der Waals surface area contributed by atoms with Gasteiger partial charge in [0.25, 0.3) is 17.2 Å². The van der Waals surface area contributed by atoms with Crippen LogP contribution in [0.25, 0.3) is 17.3 Å². The third-order valence-electron chi connectivity index (χ3n) is 4.89. The molecule has 0 saturated heterocycles. The number of amides is 1. The van der Waals surface area contributed by atoms with Crippen LogP contribution >= 0.6 is 22.9 Å². The Bertz CT molecular complexity index is 1670. The average Bonchev–Trinajstić information content (AvgIpc) is 3.17. The first-order chi connectivity index (χ1) is 16.9. The Morgan fingerprint density at radius 1 is 1.09 bits per heavy atom. The molecule has 0 unspecified atom stereocenters. The number of hydrogen-bond donors (Lipinski definition) is 1. The van der Waals surface area contributed by atoms with E-state index >= 15 is 0 Å². The molecule has 0 saturated carbocycles. The molecule has 0 spiro atoms. The van der Waals surface area contributed by atoms with Crippen LogP contribution in [0.15, 0.2) is 83.7 Å². The zero-order valence-corrected chi connectivity index (χ0v) is 19.4. The average molecular weight is 503 g/mol. The summed E-state index contributed by atoms with van der Waals surface area (Å²) in [5, 5.41) is 23.9. The molecule has 4 aromatic rings. The largest absolute Gasteiger partial charge is 0.320 e. The highest BCUT2D eigenvalue weighted by Gasteiger charge is 2.18. The number of aromatic nitrogens is 1. The molecule has 8 nitrogen and oxygen atoms in total. The van der Waals surface area contributed by atoms with Crippen molar-refractivity contribution in [1.82, 2.24) is 4.57 Å². The number of nitrogens with one attached hydrogen (secondary N) is 1. The molecular weight excluding hydrogens is 488 g/mol. The van der Waals surface area contributed by atoms with Crippen molar-refractivity contribution in [2.45, 2.75) is 0 Å². The summed E-state index contributed by atoms with van der Waals surface area (Å²) in [4.78, 5) is 37.1. The number of para-hydroxylation sites is 2. The maximum Gasteiger partial charge on any atom is 0.273 e. The van der Waals surface area contributed by atoms with Gasteiger partial charge in [0.2, 0.25) is 0 Å². The predicted octanol–water partition coefficient (Wildman–Crippen LogP) is 3.60. The summed E-state index contributed by atoms with van der Waals surface area (Å²) < 4.78 is 1.59. The van der Waals surface area contributed by atoms with Gasteiger partial charge in [0.05, 0.1) is 25.9 Å². The van der Waals surface area contributed by atoms with Gasteiger partial charge >= 0.3 is 0 Å². The van der Waals surface area contributed by atoms with E-state index in [-0.39, 0.29) is 20.5 Å². The standard InChI is InChI=1S/C25H15ClN4O4S/c26-20-11-4-5-12-21(20)28-23(31)19(15-27)25-29(17-8-2-1-3-9-17)24(32)22(35-25)14-16-7-6-10-18(13-16)30(33)34/h1-14H,(H,28,31)/b22-14+,25-19+. The van der Waals surface area contributed by atoms with Crippen LogP contribution in [-0.2, 0) is 4.79 Å². The number of non-ortho nitro benzene ring substituents is 1. The van der Waals surface area contributed by atoms with Crippen LogP contribution in [0.3, 0.4) is 0 Å². The van der Waals surface area contributed by atoms with Crippen molar-refractivity contribution in [2.75, 3.05) is 5.32 Å². The van der Waals surface area contributed by atoms with Gasteiger partial charge in [0.15, 0.2) is 5.57 Å². The quantitative estimate of drug-likeness (QED) is 0.330. The van der Waals surface area contributed by atoms with Crippen molar-refractivity contribution in [2.24, 2.45) is 0 Å². The van der Waals surface area contributed by atoms with Crippen molar-refractivity contribution in [3.05, 3.63) is 119 Å². The maximum atomic E-state index is 13.4. The summed E-state index contributed by atoms with van der Waals surface area (Å²) >= 11 is 7.07. The normalized spacial score (nSPS) is 12.1. The number of nitro benzene ring substituents is 1. The molecule has 0 aliphatic carbocycles. The molecule has 0 radical (unpaired) electrons. The lowest BCUT2D eigenvalue weighted by molar-refractivity contribution is -0.384. The van der Waals surface area contributed by atoms with Gasteiger partial charge in [0.1, 0.15) is 10.7 Å². The lowest BCUT2D eigenvalue weighted by atomic mass is 10.2. The van der Waals surface area contributed by atoms with E-state index in [1.807, 2.05) is 6.07 Å². The predicted molar refractivity (Wildman–Crippen MR) is 135 cm³/mol. The second-order valence-corrected chi connectivity index (χ2v) is 8.60. The molecule has 0 fully saturated rings. The van der Waals surface area contributed by atoms with Crippen LogP contribution in [0.1, 0.15) is 5.56 Å². The number of carbonyl (C=O) groups excluding carboxylic acids is 1. The Hall–Kier alpha value is -4.52. The third kappa shape index (κ3) is 5.04. The minimum absolute atomic E-state index is 0.116. The molecule has 1 amide bonds. The van der Waals surface area contributed by atoms with Crippen LogP contribution in [0, 0.1) is 21.4 Å². The van der Waals surface area contributed by atoms with Gasteiger partial charge in [-0.2, -0.15) is 5.26 Å². The maximum absolute atomic E-state index is 13.4. The Labute approximate surface area is 207 Å². The van der Waals surface area contributed by atoms with Crippen molar-refractivity contribution < 1.29 is 9.72 Å². The number of nitriles is 1. The molecule has 0 aliphatic rings. The second kappa shape index (κ2) is 10.2. The number of benzene rings is 3. The minimum Gasteiger partial charge on any atom is -0.320 e. The van der Waals surface area contributed by atoms with Gasteiger partial charge in [0, 0.05) is 12.1 Å². The smallest absolute Gasteiger partial charge is 0.273 e. The van der Waals surface area contributed by atoms with Gasteiger partial charge in [-0.1, -0.05) is 54.1 Å². The van der Waals surface area contributed by atoms with Crippen LogP contribution < -0.4 is 20.1 Å². The lowest BCUT2D eigenvalue weighted by Crippen LogP contribution is -2.32. The van der Waals surface area contributed by atoms with E-state index in [1.54, 1.807) is 60.7 Å². The van der Waals surface area contributed by atoms with Gasteiger partial charge in [-0.15, -0.1) is 11.3 Å². The lowest BCUT2D eigenvalue weighted by Gasteiger charge is -2.07. The van der Waals surface area contributed by atoms with Crippen LogP contribution in [-0.4, -0.2) is 15.4 Å². The molecule has 0 bridgehead atoms. The summed E-state index contributed by atoms with van der Waals surface area (Å²) in [6.07, 6.45) is 1.49. The molecule has 1 heterocycles. The molecule has 172 valence electrons. The first-order valence-electron chi connectivity index (χ1n) is 10.1. The summed E-state index contributed by atoms with van der Waals surface area (Å²) in [5.74, 6) is -0.728. The van der Waals surface area contributed by atoms with Crippen molar-refractivity contribution in [1.29, 1.82) is 5.26 Å². The van der Waals surface area contributed by atoms with Crippen LogP contribution in [0.2, 0.25) is 5.02 Å². The fourth-order valence-electron chi connectivity index (χ4n) is 3.28. The van der Waals surface area contributed by atoms with E-state index in [9.17, 15) is 25.0 Å². The summed E-state index contributed by atoms with van der Waals surface area (Å²) in [7, 11) is 0. The number of rotatable bonds is 5. The first kappa shape index (κ1) is 23.6. The molecule has 4 rings (SSSR count). The minimum atomic E-state index is -0.728. The van der Waals surface area contributed by atoms with Crippen LogP contribution in [0.5, 0.6) is 0 Å². The zero-order valence-electron chi connectivity index (χ0n) is 17.8. The summed E-state index contributed by atoms with van der Waals surface area (Å²) in [5.41, 5.74) is 0.336. The van der Waals surface area contributed by atoms with Crippen molar-refractivity contribution in [3.63, 3.8) is 0 Å². The van der Waals surface area contributed by atoms with Gasteiger partial charge in [-0.25, -0.2) is 0 Å². The number of halogens is 1. The van der Waals surface area contributed by atoms with E-state index < -0.39 is 16.4 Å². The number of hydrogen-bond acceptors (Lipinski definition) is 6. The number of thiazole rings is 1. The van der Waals surface area contributed by atoms with Gasteiger partial charge in [-0.05, 0) is 35.9 Å². The molecular formula is C25H15ClN4O4S. The van der Waals surface area contributed by atoms with E-state index in [0.717, 1.165) is 11.3 Å². The summed E-state index contributed by atoms with van der Waals surface area (Å²) in [6, 6.07) is 22.9. The highest BCUT2D eigenvalue weighted by atomic mass is 35.5. The molecule has 0 atom stereocenters. The monoisotopic (exact) mass is 502 g/mol. The Morgan fingerprint density at radius 2 is 1.80 bits per heavy atom. The van der Waals surface area contributed by atoms with E-state index in [2.05, 4.69) is 5.32 Å². The van der Waals surface area contributed by atoms with E-state index in [1.165, 1.54) is 28.8 Å². The molecule has 10 heteroatoms. The van der Waals surface area contributed by atoms with Crippen LogP contribution in [0.4, 0.5) is 11.4 Å². The highest BCUT2D eigenvalue weighted by Crippen LogP contribution is 2.21. The third-order valence-corrected chi connectivity index (χ3v) is 6.31. The first-order valence-corrected chi connectivity index (χ1v) is 11.3. The Balaban J connectivity index is 1.96. The highest BCUT2D eigenvalue weighted by molar-refractivity contribution is 7.07. The SMILES string of the molecule is N#C/C(C(=O)Nc1ccccc1Cl)=c1\s/c(=C/c2cccc([N+](=O)[O-])c2)c(=O)n1-c1ccccc1. The second-order valence-electron chi connectivity index (χ2n) is 7.16. The zero-order chi connectivity index (χ0) is 24.9. The molecule has 1 aromatic heterocycles. The number of nitrogens with zero attached hydrogens (tertiary/aromatic N) is 3. The van der Waals surface area contributed by atoms with Crippen molar-refractivity contribution >= 4 is 51.9 Å². The summed E-state index contributed by atoms with van der Waals surface area (Å²) in [6.45, 7) is 0. The van der Waals surface area contributed by atoms with Gasteiger partial charge in [-0.3, -0.25) is 24.3 Å². The number of anilines is 1. The van der Waals surface area contributed by atoms with E-state index in [4.69, 9.17) is 11.6 Å². The number of nitro groups is 1. The Morgan fingerprint density at radius 3 is 2.49 bits per heavy atom. The van der Waals surface area contributed by atoms with E-state index in [0.29, 0.717) is 22.0 Å². The molecule has 3 aromatic carbocycles. The number of carbonyl (C=O) groups is 1. The Kier molecular flexibility index (Phi) is 6.87. The van der Waals surface area contributed by atoms with Crippen molar-refractivity contribution in [3.8, 4) is 11.8 Å². The topological polar surface area (TPSA) is 118 Å². The van der Waals surface area contributed by atoms with Gasteiger partial charge < -0.3 is 5.32 Å². The fourth-order valence-corrected chi connectivity index (χ4v) is 4.57. The molecule has 35 heavy (non-hydrogen) atoms. The fraction of sp³-hybridized carbons (Fsp3) is 0.